The van der Waals surface area contributed by atoms with Crippen molar-refractivity contribution in [1.82, 2.24) is 0 Å². The van der Waals surface area contributed by atoms with Gasteiger partial charge in [0.2, 0.25) is 5.91 Å². The van der Waals surface area contributed by atoms with Crippen molar-refractivity contribution in [2.75, 3.05) is 18.2 Å². The molecule has 5 nitrogen and oxygen atoms in total. The molecule has 0 saturated heterocycles. The first kappa shape index (κ1) is 20.5. The van der Waals surface area contributed by atoms with E-state index in [1.165, 1.54) is 12.7 Å². The van der Waals surface area contributed by atoms with Gasteiger partial charge in [0, 0.05) is 24.1 Å². The Morgan fingerprint density at radius 2 is 1.76 bits per heavy atom. The summed E-state index contributed by atoms with van der Waals surface area (Å²) in [5, 5.41) is 2.73. The number of nitrogens with one attached hydrogen (secondary N) is 1. The molecule has 0 bridgehead atoms. The van der Waals surface area contributed by atoms with Crippen LogP contribution in [0.1, 0.15) is 35.7 Å². The normalized spacial score (nSPS) is 9.84. The number of anilines is 2. The summed E-state index contributed by atoms with van der Waals surface area (Å²) in [6.07, 6.45) is 1.23. The maximum Gasteiger partial charge on any atom is 0.224 e. The number of hydrogen-bond acceptors (Lipinski definition) is 4. The van der Waals surface area contributed by atoms with E-state index in [4.69, 9.17) is 10.5 Å². The number of amides is 1. The van der Waals surface area contributed by atoms with Crippen molar-refractivity contribution in [3.05, 3.63) is 53.6 Å². The van der Waals surface area contributed by atoms with Crippen LogP contribution in [0.5, 0.6) is 5.75 Å². The van der Waals surface area contributed by atoms with Crippen LogP contribution < -0.4 is 15.8 Å². The zero-order chi connectivity index (χ0) is 17.5. The van der Waals surface area contributed by atoms with E-state index in [1.54, 1.807) is 18.2 Å². The van der Waals surface area contributed by atoms with E-state index in [9.17, 15) is 9.59 Å². The maximum atomic E-state index is 12.1. The largest absolute Gasteiger partial charge is 0.495 e. The van der Waals surface area contributed by atoms with Gasteiger partial charge in [-0.1, -0.05) is 31.2 Å². The molecule has 25 heavy (non-hydrogen) atoms. The van der Waals surface area contributed by atoms with Gasteiger partial charge in [-0.15, -0.1) is 12.4 Å². The molecule has 0 atom stereocenters. The Labute approximate surface area is 154 Å². The molecule has 1 amide bonds. The zero-order valence-corrected chi connectivity index (χ0v) is 15.2. The number of nitrogen functional groups attached to an aromatic ring is 1. The number of ketones is 1. The number of rotatable bonds is 7. The summed E-state index contributed by atoms with van der Waals surface area (Å²) in [4.78, 5) is 24.1. The van der Waals surface area contributed by atoms with Crippen LogP contribution in [0, 0.1) is 0 Å². The Morgan fingerprint density at radius 3 is 2.32 bits per heavy atom. The second kappa shape index (κ2) is 9.69. The number of halogens is 1. The Morgan fingerprint density at radius 1 is 1.08 bits per heavy atom. The molecule has 2 aromatic rings. The van der Waals surface area contributed by atoms with Crippen LogP contribution in [-0.4, -0.2) is 18.8 Å². The molecule has 0 aromatic heterocycles. The van der Waals surface area contributed by atoms with Gasteiger partial charge >= 0.3 is 0 Å². The first-order chi connectivity index (χ1) is 11.5. The van der Waals surface area contributed by atoms with Crippen LogP contribution in [0.25, 0.3) is 0 Å². The highest BCUT2D eigenvalue weighted by atomic mass is 35.5. The lowest BCUT2D eigenvalue weighted by atomic mass is 10.0. The van der Waals surface area contributed by atoms with Gasteiger partial charge in [0.25, 0.3) is 0 Å². The molecular formula is C19H23ClN2O3. The third kappa shape index (κ3) is 5.80. The lowest BCUT2D eigenvalue weighted by Gasteiger charge is -2.09. The van der Waals surface area contributed by atoms with Crippen molar-refractivity contribution < 1.29 is 14.3 Å². The molecule has 2 aromatic carbocycles. The number of Topliss-reactive ketones (excluding diaryl/α,β-unsaturated/α-hetero) is 1. The molecule has 0 heterocycles. The van der Waals surface area contributed by atoms with Crippen molar-refractivity contribution >= 4 is 35.5 Å². The first-order valence-electron chi connectivity index (χ1n) is 7.89. The Hall–Kier alpha value is -2.53. The monoisotopic (exact) mass is 362 g/mol. The zero-order valence-electron chi connectivity index (χ0n) is 14.4. The lowest BCUT2D eigenvalue weighted by Crippen LogP contribution is -2.13. The fourth-order valence-electron chi connectivity index (χ4n) is 2.33. The van der Waals surface area contributed by atoms with E-state index in [0.29, 0.717) is 22.7 Å². The molecule has 2 rings (SSSR count). The van der Waals surface area contributed by atoms with E-state index in [-0.39, 0.29) is 36.9 Å². The van der Waals surface area contributed by atoms with Gasteiger partial charge in [-0.3, -0.25) is 9.59 Å². The predicted molar refractivity (Wildman–Crippen MR) is 103 cm³/mol. The SMILES string of the molecule is CCc1ccc(C(=O)CCC(=O)Nc2ccc(OC)c(N)c2)cc1.Cl. The Bertz CT molecular complexity index is 730. The van der Waals surface area contributed by atoms with Crippen LogP contribution in [-0.2, 0) is 11.2 Å². The molecule has 0 unspecified atom stereocenters. The smallest absolute Gasteiger partial charge is 0.224 e. The number of carbonyl (C=O) groups excluding carboxylic acids is 2. The minimum absolute atomic E-state index is 0. The summed E-state index contributed by atoms with van der Waals surface area (Å²) >= 11 is 0. The summed E-state index contributed by atoms with van der Waals surface area (Å²) in [7, 11) is 1.53. The molecule has 0 aliphatic carbocycles. The van der Waals surface area contributed by atoms with Crippen LogP contribution in [0.15, 0.2) is 42.5 Å². The molecule has 134 valence electrons. The standard InChI is InChI=1S/C19H22N2O3.ClH/c1-3-13-4-6-14(7-5-13)17(22)9-11-19(23)21-15-8-10-18(24-2)16(20)12-15;/h4-8,10,12H,3,9,11,20H2,1-2H3,(H,21,23);1H. The fourth-order valence-corrected chi connectivity index (χ4v) is 2.33. The minimum atomic E-state index is -0.224. The van der Waals surface area contributed by atoms with Gasteiger partial charge < -0.3 is 15.8 Å². The Kier molecular flexibility index (Phi) is 7.95. The average Bonchev–Trinajstić information content (AvgIpc) is 2.60. The van der Waals surface area contributed by atoms with Gasteiger partial charge in [0.15, 0.2) is 5.78 Å². The van der Waals surface area contributed by atoms with E-state index in [0.717, 1.165) is 6.42 Å². The summed E-state index contributed by atoms with van der Waals surface area (Å²) in [5.41, 5.74) is 8.64. The number of hydrogen-bond donors (Lipinski definition) is 2. The molecule has 3 N–H and O–H groups in total. The molecule has 0 aliphatic rings. The number of methoxy groups -OCH3 is 1. The summed E-state index contributed by atoms with van der Waals surface area (Å²) in [5.74, 6) is 0.291. The van der Waals surface area contributed by atoms with Crippen molar-refractivity contribution in [3.8, 4) is 5.75 Å². The van der Waals surface area contributed by atoms with Crippen molar-refractivity contribution in [1.29, 1.82) is 0 Å². The second-order valence-electron chi connectivity index (χ2n) is 5.48. The van der Waals surface area contributed by atoms with E-state index in [1.807, 2.05) is 24.3 Å². The van der Waals surface area contributed by atoms with E-state index in [2.05, 4.69) is 12.2 Å². The third-order valence-electron chi connectivity index (χ3n) is 3.78. The summed E-state index contributed by atoms with van der Waals surface area (Å²) < 4.78 is 5.07. The van der Waals surface area contributed by atoms with Gasteiger partial charge in [-0.05, 0) is 30.2 Å². The lowest BCUT2D eigenvalue weighted by molar-refractivity contribution is -0.116. The quantitative estimate of drug-likeness (QED) is 0.578. The molecule has 0 saturated carbocycles. The number of nitrogens with two attached hydrogens (primary N) is 1. The van der Waals surface area contributed by atoms with Crippen molar-refractivity contribution in [2.45, 2.75) is 26.2 Å². The average molecular weight is 363 g/mol. The van der Waals surface area contributed by atoms with Gasteiger partial charge in [-0.2, -0.15) is 0 Å². The number of ether oxygens (including phenoxy) is 1. The molecule has 0 radical (unpaired) electrons. The highest BCUT2D eigenvalue weighted by Crippen LogP contribution is 2.24. The van der Waals surface area contributed by atoms with Crippen LogP contribution >= 0.6 is 12.4 Å². The summed E-state index contributed by atoms with van der Waals surface area (Å²) in [6, 6.07) is 12.5. The van der Waals surface area contributed by atoms with Crippen molar-refractivity contribution in [3.63, 3.8) is 0 Å². The second-order valence-corrected chi connectivity index (χ2v) is 5.48. The predicted octanol–water partition coefficient (Wildman–Crippen LogP) is 3.86. The number of aryl methyl sites for hydroxylation is 1. The molecule has 6 heteroatoms. The van der Waals surface area contributed by atoms with Gasteiger partial charge in [0.1, 0.15) is 5.75 Å². The fraction of sp³-hybridized carbons (Fsp3) is 0.263. The maximum absolute atomic E-state index is 12.1. The number of carbonyl (C=O) groups is 2. The molecular weight excluding hydrogens is 340 g/mol. The van der Waals surface area contributed by atoms with Crippen LogP contribution in [0.4, 0.5) is 11.4 Å². The Balaban J connectivity index is 0.00000312. The summed E-state index contributed by atoms with van der Waals surface area (Å²) in [6.45, 7) is 2.06. The number of benzene rings is 2. The first-order valence-corrected chi connectivity index (χ1v) is 7.89. The molecule has 0 fully saturated rings. The van der Waals surface area contributed by atoms with E-state index >= 15 is 0 Å². The van der Waals surface area contributed by atoms with E-state index < -0.39 is 0 Å². The van der Waals surface area contributed by atoms with Crippen molar-refractivity contribution in [2.24, 2.45) is 0 Å². The third-order valence-corrected chi connectivity index (χ3v) is 3.78. The highest BCUT2D eigenvalue weighted by Gasteiger charge is 2.10. The van der Waals surface area contributed by atoms with Gasteiger partial charge in [-0.25, -0.2) is 0 Å². The topological polar surface area (TPSA) is 81.4 Å². The minimum Gasteiger partial charge on any atom is -0.495 e. The molecule has 0 aliphatic heterocycles. The van der Waals surface area contributed by atoms with Gasteiger partial charge in [0.05, 0.1) is 12.8 Å². The molecule has 0 spiro atoms. The van der Waals surface area contributed by atoms with Crippen LogP contribution in [0.3, 0.4) is 0 Å². The highest BCUT2D eigenvalue weighted by molar-refractivity contribution is 6.00. The van der Waals surface area contributed by atoms with Crippen LogP contribution in [0.2, 0.25) is 0 Å².